The molecule has 1 N–H and O–H groups in total. The fraction of sp³-hybridized carbons (Fsp3) is 0.400. The molecule has 1 atom stereocenters. The zero-order valence-electron chi connectivity index (χ0n) is 12.5. The summed E-state index contributed by atoms with van der Waals surface area (Å²) in [6.45, 7) is 1.74. The molecule has 0 aliphatic carbocycles. The number of carbonyl (C=O) groups is 4. The summed E-state index contributed by atoms with van der Waals surface area (Å²) in [5, 5.41) is 2.17. The topological polar surface area (TPSA) is 95.9 Å². The van der Waals surface area contributed by atoms with E-state index >= 15 is 0 Å². The summed E-state index contributed by atoms with van der Waals surface area (Å²) in [6, 6.07) is -0.932. The Bertz CT molecular complexity index is 631. The van der Waals surface area contributed by atoms with Gasteiger partial charge in [-0.05, 0) is 25.0 Å². The molecule has 7 heteroatoms. The molecule has 7 nitrogen and oxygen atoms in total. The molecule has 2 fully saturated rings. The van der Waals surface area contributed by atoms with Gasteiger partial charge in [0.2, 0.25) is 17.7 Å². The van der Waals surface area contributed by atoms with Gasteiger partial charge >= 0.3 is 0 Å². The molecule has 0 radical (unpaired) electrons. The lowest BCUT2D eigenvalue weighted by atomic mass is 9.92. The van der Waals surface area contributed by atoms with Gasteiger partial charge in [0, 0.05) is 25.3 Å². The second-order valence-electron chi connectivity index (χ2n) is 5.01. The minimum absolute atomic E-state index is 0.0450. The van der Waals surface area contributed by atoms with Crippen LogP contribution < -0.4 is 5.32 Å². The maximum Gasteiger partial charge on any atom is 0.261 e. The lowest BCUT2D eigenvalue weighted by molar-refractivity contribution is -0.154. The van der Waals surface area contributed by atoms with E-state index in [1.165, 1.54) is 12.3 Å². The van der Waals surface area contributed by atoms with E-state index in [1.807, 2.05) is 0 Å². The van der Waals surface area contributed by atoms with Crippen molar-refractivity contribution < 1.29 is 19.2 Å². The molecule has 116 valence electrons. The van der Waals surface area contributed by atoms with E-state index in [0.29, 0.717) is 11.1 Å². The van der Waals surface area contributed by atoms with Gasteiger partial charge < -0.3 is 0 Å². The third kappa shape index (κ3) is 2.88. The van der Waals surface area contributed by atoms with Crippen molar-refractivity contribution in [3.63, 3.8) is 0 Å². The molecule has 0 aromatic heterocycles. The highest BCUT2D eigenvalue weighted by atomic mass is 16.2. The van der Waals surface area contributed by atoms with Gasteiger partial charge in [-0.2, -0.15) is 0 Å². The van der Waals surface area contributed by atoms with Crippen LogP contribution in [0.1, 0.15) is 26.2 Å². The first-order valence-corrected chi connectivity index (χ1v) is 6.97. The predicted molar refractivity (Wildman–Crippen MR) is 78.9 cm³/mol. The van der Waals surface area contributed by atoms with Crippen molar-refractivity contribution >= 4 is 29.8 Å². The van der Waals surface area contributed by atoms with Crippen LogP contribution in [0.3, 0.4) is 0 Å². The molecule has 0 spiro atoms. The van der Waals surface area contributed by atoms with Gasteiger partial charge in [-0.25, -0.2) is 0 Å². The van der Waals surface area contributed by atoms with Crippen molar-refractivity contribution in [1.29, 1.82) is 0 Å². The predicted octanol–water partition coefficient (Wildman–Crippen LogP) is 0.124. The maximum absolute atomic E-state index is 12.6. The second-order valence-corrected chi connectivity index (χ2v) is 5.01. The Kier molecular flexibility index (Phi) is 4.65. The molecule has 0 aromatic rings. The van der Waals surface area contributed by atoms with Crippen LogP contribution in [-0.2, 0) is 19.2 Å². The average Bonchev–Trinajstić information content (AvgIpc) is 2.48. The van der Waals surface area contributed by atoms with Gasteiger partial charge in [0.05, 0.1) is 6.42 Å². The molecule has 2 saturated heterocycles. The van der Waals surface area contributed by atoms with Crippen LogP contribution in [0.4, 0.5) is 0 Å². The van der Waals surface area contributed by atoms with Gasteiger partial charge in [-0.3, -0.25) is 34.4 Å². The fourth-order valence-corrected chi connectivity index (χ4v) is 2.55. The van der Waals surface area contributed by atoms with Crippen LogP contribution in [0.15, 0.2) is 28.3 Å². The number of piperidine rings is 2. The van der Waals surface area contributed by atoms with E-state index in [-0.39, 0.29) is 25.2 Å². The highest BCUT2D eigenvalue weighted by molar-refractivity contribution is 6.16. The van der Waals surface area contributed by atoms with Crippen molar-refractivity contribution in [3.05, 3.63) is 23.3 Å². The number of nitrogens with one attached hydrogen (secondary N) is 1. The molecule has 2 aliphatic heterocycles. The highest BCUT2D eigenvalue weighted by Crippen LogP contribution is 2.27. The summed E-state index contributed by atoms with van der Waals surface area (Å²) in [4.78, 5) is 52.8. The van der Waals surface area contributed by atoms with E-state index < -0.39 is 23.8 Å². The Hall–Kier alpha value is -2.57. The molecule has 2 rings (SSSR count). The monoisotopic (exact) mass is 303 g/mol. The molecule has 0 saturated carbocycles. The summed E-state index contributed by atoms with van der Waals surface area (Å²) in [6.07, 6.45) is 5.01. The molecular formula is C15H17N3O4. The van der Waals surface area contributed by atoms with E-state index in [4.69, 9.17) is 0 Å². The summed E-state index contributed by atoms with van der Waals surface area (Å²) in [5.74, 6) is -1.96. The minimum atomic E-state index is -0.932. The summed E-state index contributed by atoms with van der Waals surface area (Å²) in [7, 11) is 1.57. The van der Waals surface area contributed by atoms with Crippen molar-refractivity contribution in [2.75, 3.05) is 7.05 Å². The summed E-state index contributed by atoms with van der Waals surface area (Å²) < 4.78 is 0. The number of hydrogen-bond acceptors (Lipinski definition) is 5. The molecule has 0 bridgehead atoms. The first-order chi connectivity index (χ1) is 10.5. The van der Waals surface area contributed by atoms with Crippen LogP contribution in [0.2, 0.25) is 0 Å². The van der Waals surface area contributed by atoms with Crippen LogP contribution in [0.25, 0.3) is 0 Å². The second kappa shape index (κ2) is 6.46. The zero-order valence-corrected chi connectivity index (χ0v) is 12.5. The number of imide groups is 2. The van der Waals surface area contributed by atoms with Crippen LogP contribution in [0.5, 0.6) is 0 Å². The fourth-order valence-electron chi connectivity index (χ4n) is 2.55. The van der Waals surface area contributed by atoms with Gasteiger partial charge in [-0.1, -0.05) is 6.08 Å². The van der Waals surface area contributed by atoms with E-state index in [2.05, 4.69) is 10.3 Å². The minimum Gasteiger partial charge on any atom is -0.296 e. The third-order valence-electron chi connectivity index (χ3n) is 3.67. The quantitative estimate of drug-likeness (QED) is 0.445. The van der Waals surface area contributed by atoms with Crippen LogP contribution >= 0.6 is 0 Å². The normalized spacial score (nSPS) is 27.2. The summed E-state index contributed by atoms with van der Waals surface area (Å²) in [5.41, 5.74) is 0.954. The Balaban J connectivity index is 2.36. The van der Waals surface area contributed by atoms with Crippen LogP contribution in [0, 0.1) is 0 Å². The molecule has 0 aromatic carbocycles. The number of carbonyl (C=O) groups excluding carboxylic acids is 4. The number of amides is 4. The molecule has 1 unspecified atom stereocenters. The first kappa shape index (κ1) is 15.8. The van der Waals surface area contributed by atoms with Gasteiger partial charge in [0.1, 0.15) is 6.04 Å². The average molecular weight is 303 g/mol. The molecule has 2 aliphatic rings. The molecule has 4 amide bonds. The zero-order chi connectivity index (χ0) is 16.3. The molecule has 22 heavy (non-hydrogen) atoms. The van der Waals surface area contributed by atoms with Crippen LogP contribution in [-0.4, -0.2) is 47.8 Å². The number of aliphatic imine (C=N–C) groups is 1. The van der Waals surface area contributed by atoms with Gasteiger partial charge in [0.15, 0.2) is 0 Å². The van der Waals surface area contributed by atoms with Gasteiger partial charge in [-0.15, -0.1) is 0 Å². The number of nitrogens with zero attached hydrogens (tertiary/aromatic N) is 2. The Morgan fingerprint density at radius 1 is 1.27 bits per heavy atom. The van der Waals surface area contributed by atoms with Crippen molar-refractivity contribution in [3.8, 4) is 0 Å². The summed E-state index contributed by atoms with van der Waals surface area (Å²) >= 11 is 0. The Morgan fingerprint density at radius 3 is 2.59 bits per heavy atom. The third-order valence-corrected chi connectivity index (χ3v) is 3.67. The Labute approximate surface area is 127 Å². The van der Waals surface area contributed by atoms with Gasteiger partial charge in [0.25, 0.3) is 5.91 Å². The van der Waals surface area contributed by atoms with Crippen molar-refractivity contribution in [2.24, 2.45) is 4.99 Å². The standard InChI is InChI=1S/C15H17N3O4/c1-3-9-8-13(20)18(15(22)10(9)6-7-16-2)11-4-5-12(19)17-14(11)21/h3,6-7,11H,4-5,8H2,1-2H3,(H,17,19,21)/b9-3-,10-6+,16-7?. The number of rotatable bonds is 2. The van der Waals surface area contributed by atoms with E-state index in [9.17, 15) is 19.2 Å². The van der Waals surface area contributed by atoms with E-state index in [0.717, 1.165) is 4.90 Å². The lowest BCUT2D eigenvalue weighted by Gasteiger charge is -2.35. The van der Waals surface area contributed by atoms with Crippen molar-refractivity contribution in [1.82, 2.24) is 10.2 Å². The lowest BCUT2D eigenvalue weighted by Crippen LogP contribution is -2.58. The maximum atomic E-state index is 12.6. The molecule has 2 heterocycles. The number of likely N-dealkylation sites (tertiary alicyclic amines) is 1. The van der Waals surface area contributed by atoms with Crippen molar-refractivity contribution in [2.45, 2.75) is 32.2 Å². The Morgan fingerprint density at radius 2 is 2.00 bits per heavy atom. The smallest absolute Gasteiger partial charge is 0.261 e. The first-order valence-electron chi connectivity index (χ1n) is 6.97. The number of hydrogen-bond donors (Lipinski definition) is 1. The van der Waals surface area contributed by atoms with E-state index in [1.54, 1.807) is 20.0 Å². The highest BCUT2D eigenvalue weighted by Gasteiger charge is 2.42. The SMILES string of the molecule is C/C=C1/CC(=O)N(C2CCC(=O)NC2=O)C(=O)/C1=C/C=NC. The number of allylic oxidation sites excluding steroid dienone is 2. The largest absolute Gasteiger partial charge is 0.296 e. The molecular weight excluding hydrogens is 286 g/mol.